The Balaban J connectivity index is 1.81. The smallest absolute Gasteiger partial charge is 0.307 e. The predicted molar refractivity (Wildman–Crippen MR) is 72.6 cm³/mol. The number of hydrogen-bond acceptors (Lipinski definition) is 6. The molecule has 0 radical (unpaired) electrons. The van der Waals surface area contributed by atoms with E-state index < -0.39 is 21.7 Å². The van der Waals surface area contributed by atoms with Gasteiger partial charge in [-0.15, -0.1) is 0 Å². The van der Waals surface area contributed by atoms with Gasteiger partial charge in [0.1, 0.15) is 0 Å². The molecule has 0 spiro atoms. The first-order chi connectivity index (χ1) is 9.96. The van der Waals surface area contributed by atoms with Crippen LogP contribution in [0.3, 0.4) is 0 Å². The van der Waals surface area contributed by atoms with Gasteiger partial charge in [-0.25, -0.2) is 8.42 Å². The summed E-state index contributed by atoms with van der Waals surface area (Å²) in [5, 5.41) is 13.1. The fourth-order valence-electron chi connectivity index (χ4n) is 2.92. The van der Waals surface area contributed by atoms with Crippen molar-refractivity contribution in [2.75, 3.05) is 11.5 Å². The molecular formula is C13H16N2O5S. The fraction of sp³-hybridized carbons (Fsp3) is 0.615. The molecule has 3 unspecified atom stereocenters. The molecule has 1 aromatic heterocycles. The van der Waals surface area contributed by atoms with Crippen LogP contribution >= 0.6 is 0 Å². The van der Waals surface area contributed by atoms with Crippen molar-refractivity contribution >= 4 is 15.8 Å². The number of carboxylic acid groups (broad SMARTS) is 1. The average Bonchev–Trinajstić information content (AvgIpc) is 3.05. The zero-order chi connectivity index (χ0) is 15.0. The maximum Gasteiger partial charge on any atom is 0.307 e. The molecule has 0 saturated carbocycles. The van der Waals surface area contributed by atoms with Gasteiger partial charge < -0.3 is 9.63 Å². The highest BCUT2D eigenvalue weighted by atomic mass is 32.2. The molecule has 114 valence electrons. The molecule has 3 atom stereocenters. The Labute approximate surface area is 122 Å². The van der Waals surface area contributed by atoms with E-state index in [1.807, 2.05) is 12.2 Å². The van der Waals surface area contributed by atoms with Gasteiger partial charge >= 0.3 is 5.97 Å². The van der Waals surface area contributed by atoms with Crippen molar-refractivity contribution in [2.45, 2.75) is 31.1 Å². The minimum atomic E-state index is -3.01. The highest BCUT2D eigenvalue weighted by Crippen LogP contribution is 2.35. The summed E-state index contributed by atoms with van der Waals surface area (Å²) in [6.45, 7) is 0. The SMILES string of the molecule is O=C(O)C1CC=CCC1c1nc(C2CCS(=O)(=O)C2)no1. The first kappa shape index (κ1) is 14.2. The summed E-state index contributed by atoms with van der Waals surface area (Å²) in [6, 6.07) is 0. The van der Waals surface area contributed by atoms with Crippen LogP contribution in [0.2, 0.25) is 0 Å². The summed E-state index contributed by atoms with van der Waals surface area (Å²) in [5.74, 6) is -1.18. The van der Waals surface area contributed by atoms with Crippen molar-refractivity contribution in [3.8, 4) is 0 Å². The van der Waals surface area contributed by atoms with E-state index >= 15 is 0 Å². The lowest BCUT2D eigenvalue weighted by Crippen LogP contribution is -2.23. The van der Waals surface area contributed by atoms with Crippen LogP contribution in [0.1, 0.15) is 42.8 Å². The number of hydrogen-bond donors (Lipinski definition) is 1. The van der Waals surface area contributed by atoms with Gasteiger partial charge in [-0.05, 0) is 19.3 Å². The molecule has 21 heavy (non-hydrogen) atoms. The lowest BCUT2D eigenvalue weighted by molar-refractivity contribution is -0.142. The third-order valence-electron chi connectivity index (χ3n) is 4.12. The minimum absolute atomic E-state index is 0.0406. The quantitative estimate of drug-likeness (QED) is 0.832. The second-order valence-electron chi connectivity index (χ2n) is 5.58. The monoisotopic (exact) mass is 312 g/mol. The molecule has 0 aromatic carbocycles. The summed E-state index contributed by atoms with van der Waals surface area (Å²) in [7, 11) is -3.01. The zero-order valence-corrected chi connectivity index (χ0v) is 12.1. The van der Waals surface area contributed by atoms with Crippen LogP contribution < -0.4 is 0 Å². The lowest BCUT2D eigenvalue weighted by atomic mass is 9.83. The summed E-state index contributed by atoms with van der Waals surface area (Å²) in [6.07, 6.45) is 5.23. The lowest BCUT2D eigenvalue weighted by Gasteiger charge is -2.21. The highest BCUT2D eigenvalue weighted by molar-refractivity contribution is 7.91. The molecule has 2 heterocycles. The van der Waals surface area contributed by atoms with E-state index in [-0.39, 0.29) is 23.3 Å². The van der Waals surface area contributed by atoms with Crippen molar-refractivity contribution in [1.82, 2.24) is 10.1 Å². The Morgan fingerprint density at radius 2 is 2.10 bits per heavy atom. The number of rotatable bonds is 3. The number of allylic oxidation sites excluding steroid dienone is 2. The van der Waals surface area contributed by atoms with E-state index in [1.165, 1.54) is 0 Å². The van der Waals surface area contributed by atoms with Gasteiger partial charge in [0, 0.05) is 5.92 Å². The molecule has 1 aliphatic carbocycles. The maximum absolute atomic E-state index is 11.5. The van der Waals surface area contributed by atoms with Crippen molar-refractivity contribution in [1.29, 1.82) is 0 Å². The number of carbonyl (C=O) groups is 1. The Morgan fingerprint density at radius 3 is 2.76 bits per heavy atom. The fourth-order valence-corrected chi connectivity index (χ4v) is 4.66. The van der Waals surface area contributed by atoms with E-state index in [4.69, 9.17) is 4.52 Å². The van der Waals surface area contributed by atoms with Gasteiger partial charge in [0.2, 0.25) is 5.89 Å². The normalized spacial score (nSPS) is 31.3. The topological polar surface area (TPSA) is 110 Å². The van der Waals surface area contributed by atoms with E-state index in [0.717, 1.165) is 0 Å². The number of aromatic nitrogens is 2. The number of carboxylic acids is 1. The molecule has 1 aromatic rings. The predicted octanol–water partition coefficient (Wildman–Crippen LogP) is 1.11. The van der Waals surface area contributed by atoms with E-state index in [9.17, 15) is 18.3 Å². The van der Waals surface area contributed by atoms with E-state index in [1.54, 1.807) is 0 Å². The molecule has 1 fully saturated rings. The first-order valence-electron chi connectivity index (χ1n) is 6.88. The Hall–Kier alpha value is -1.70. The Morgan fingerprint density at radius 1 is 1.33 bits per heavy atom. The average molecular weight is 312 g/mol. The second-order valence-corrected chi connectivity index (χ2v) is 7.81. The highest BCUT2D eigenvalue weighted by Gasteiger charge is 2.36. The van der Waals surface area contributed by atoms with Crippen molar-refractivity contribution in [2.24, 2.45) is 5.92 Å². The van der Waals surface area contributed by atoms with Crippen LogP contribution in [0.5, 0.6) is 0 Å². The zero-order valence-electron chi connectivity index (χ0n) is 11.3. The number of sulfone groups is 1. The largest absolute Gasteiger partial charge is 0.481 e. The summed E-state index contributed by atoms with van der Waals surface area (Å²) < 4.78 is 28.2. The van der Waals surface area contributed by atoms with Crippen molar-refractivity contribution in [3.63, 3.8) is 0 Å². The van der Waals surface area contributed by atoms with Gasteiger partial charge in [-0.1, -0.05) is 17.3 Å². The molecule has 2 aliphatic rings. The molecule has 1 saturated heterocycles. The molecule has 8 heteroatoms. The third kappa shape index (κ3) is 2.85. The molecule has 1 N–H and O–H groups in total. The second kappa shape index (κ2) is 5.25. The van der Waals surface area contributed by atoms with Gasteiger partial charge in [-0.3, -0.25) is 4.79 Å². The number of aliphatic carboxylic acids is 1. The van der Waals surface area contributed by atoms with Gasteiger partial charge in [-0.2, -0.15) is 4.98 Å². The Bertz CT molecular complexity index is 678. The first-order valence-corrected chi connectivity index (χ1v) is 8.70. The summed E-state index contributed by atoms with van der Waals surface area (Å²) in [5.41, 5.74) is 0. The molecular weight excluding hydrogens is 296 g/mol. The molecule has 7 nitrogen and oxygen atoms in total. The third-order valence-corrected chi connectivity index (χ3v) is 5.89. The van der Waals surface area contributed by atoms with Gasteiger partial charge in [0.05, 0.1) is 23.3 Å². The summed E-state index contributed by atoms with van der Waals surface area (Å²) >= 11 is 0. The maximum atomic E-state index is 11.5. The Kier molecular flexibility index (Phi) is 3.56. The summed E-state index contributed by atoms with van der Waals surface area (Å²) in [4.78, 5) is 15.6. The molecule has 1 aliphatic heterocycles. The molecule has 0 amide bonds. The molecule has 0 bridgehead atoms. The van der Waals surface area contributed by atoms with Crippen LogP contribution in [0.4, 0.5) is 0 Å². The van der Waals surface area contributed by atoms with Gasteiger partial charge in [0.25, 0.3) is 0 Å². The minimum Gasteiger partial charge on any atom is -0.481 e. The molecule has 3 rings (SSSR count). The van der Waals surface area contributed by atoms with Crippen LogP contribution in [0.25, 0.3) is 0 Å². The van der Waals surface area contributed by atoms with Crippen LogP contribution in [0.15, 0.2) is 16.7 Å². The van der Waals surface area contributed by atoms with Crippen molar-refractivity contribution < 1.29 is 22.8 Å². The van der Waals surface area contributed by atoms with Crippen LogP contribution in [0, 0.1) is 5.92 Å². The standard InChI is InChI=1S/C13H16N2O5S/c16-13(17)10-4-2-1-3-9(10)12-14-11(15-20-12)8-5-6-21(18,19)7-8/h1-2,8-10H,3-7H2,(H,16,17). The van der Waals surface area contributed by atoms with Crippen LogP contribution in [-0.2, 0) is 14.6 Å². The van der Waals surface area contributed by atoms with E-state index in [0.29, 0.717) is 31.0 Å². The van der Waals surface area contributed by atoms with Crippen LogP contribution in [-0.4, -0.2) is 41.1 Å². The van der Waals surface area contributed by atoms with Crippen molar-refractivity contribution in [3.05, 3.63) is 23.9 Å². The number of nitrogens with zero attached hydrogens (tertiary/aromatic N) is 2. The van der Waals surface area contributed by atoms with Gasteiger partial charge in [0.15, 0.2) is 15.7 Å². The van der Waals surface area contributed by atoms with E-state index in [2.05, 4.69) is 10.1 Å².